The normalized spacial score (nSPS) is 10.6. The summed E-state index contributed by atoms with van der Waals surface area (Å²) in [6.07, 6.45) is 0. The molecule has 25 heavy (non-hydrogen) atoms. The first-order valence-electron chi connectivity index (χ1n) is 7.74. The van der Waals surface area contributed by atoms with Crippen LogP contribution in [0.2, 0.25) is 0 Å². The van der Waals surface area contributed by atoms with E-state index in [0.717, 1.165) is 21.3 Å². The SMILES string of the molecule is Cc1nc(Oc2ccccc2C#N)c2c(-c3ccccc3)csc2n1. The third-order valence-electron chi connectivity index (χ3n) is 3.81. The minimum absolute atomic E-state index is 0.475. The summed E-state index contributed by atoms with van der Waals surface area (Å²) in [4.78, 5) is 9.89. The van der Waals surface area contributed by atoms with Gasteiger partial charge in [-0.25, -0.2) is 4.98 Å². The molecule has 0 saturated heterocycles. The fraction of sp³-hybridized carbons (Fsp3) is 0.0500. The van der Waals surface area contributed by atoms with Crippen LogP contribution in [-0.4, -0.2) is 9.97 Å². The number of para-hydroxylation sites is 1. The molecule has 0 atom stereocenters. The number of hydrogen-bond donors (Lipinski definition) is 0. The van der Waals surface area contributed by atoms with Crippen LogP contribution >= 0.6 is 11.3 Å². The Kier molecular flexibility index (Phi) is 3.88. The molecule has 0 aliphatic heterocycles. The molecule has 120 valence electrons. The quantitative estimate of drug-likeness (QED) is 0.504. The van der Waals surface area contributed by atoms with Crippen LogP contribution in [0.1, 0.15) is 11.4 Å². The van der Waals surface area contributed by atoms with Crippen molar-refractivity contribution in [1.82, 2.24) is 9.97 Å². The van der Waals surface area contributed by atoms with Crippen molar-refractivity contribution < 1.29 is 4.74 Å². The average molecular weight is 343 g/mol. The van der Waals surface area contributed by atoms with Crippen molar-refractivity contribution >= 4 is 21.6 Å². The van der Waals surface area contributed by atoms with Gasteiger partial charge in [-0.15, -0.1) is 11.3 Å². The number of aromatic nitrogens is 2. The van der Waals surface area contributed by atoms with Gasteiger partial charge in [-0.1, -0.05) is 42.5 Å². The minimum atomic E-state index is 0.475. The highest BCUT2D eigenvalue weighted by Gasteiger charge is 2.17. The Hall–Kier alpha value is -3.23. The molecule has 4 nitrogen and oxygen atoms in total. The van der Waals surface area contributed by atoms with E-state index in [1.54, 1.807) is 23.5 Å². The number of nitriles is 1. The Labute approximate surface area is 149 Å². The summed E-state index contributed by atoms with van der Waals surface area (Å²) in [6.45, 7) is 1.84. The number of rotatable bonds is 3. The molecular weight excluding hydrogens is 330 g/mol. The fourth-order valence-electron chi connectivity index (χ4n) is 2.67. The van der Waals surface area contributed by atoms with Gasteiger partial charge in [0.2, 0.25) is 5.88 Å². The Balaban J connectivity index is 1.91. The van der Waals surface area contributed by atoms with Gasteiger partial charge >= 0.3 is 0 Å². The maximum absolute atomic E-state index is 9.30. The van der Waals surface area contributed by atoms with Crippen LogP contribution < -0.4 is 4.74 Å². The predicted molar refractivity (Wildman–Crippen MR) is 98.8 cm³/mol. The van der Waals surface area contributed by atoms with Gasteiger partial charge in [0.15, 0.2) is 0 Å². The van der Waals surface area contributed by atoms with Gasteiger partial charge < -0.3 is 4.74 Å². The first kappa shape index (κ1) is 15.3. The molecule has 5 heteroatoms. The molecule has 0 spiro atoms. The largest absolute Gasteiger partial charge is 0.437 e. The maximum atomic E-state index is 9.30. The molecule has 4 rings (SSSR count). The molecule has 0 radical (unpaired) electrons. The smallest absolute Gasteiger partial charge is 0.232 e. The van der Waals surface area contributed by atoms with E-state index < -0.39 is 0 Å². The minimum Gasteiger partial charge on any atom is -0.437 e. The van der Waals surface area contributed by atoms with Gasteiger partial charge in [0.1, 0.15) is 22.5 Å². The number of benzene rings is 2. The van der Waals surface area contributed by atoms with E-state index in [1.807, 2.05) is 49.4 Å². The van der Waals surface area contributed by atoms with E-state index in [0.29, 0.717) is 23.0 Å². The second kappa shape index (κ2) is 6.34. The molecule has 0 unspecified atom stereocenters. The second-order valence-electron chi connectivity index (χ2n) is 5.48. The number of ether oxygens (including phenoxy) is 1. The Bertz CT molecular complexity index is 1100. The predicted octanol–water partition coefficient (Wildman–Crippen LogP) is 5.33. The van der Waals surface area contributed by atoms with Gasteiger partial charge in [-0.2, -0.15) is 10.2 Å². The van der Waals surface area contributed by atoms with E-state index in [-0.39, 0.29) is 0 Å². The van der Waals surface area contributed by atoms with Gasteiger partial charge in [0.25, 0.3) is 0 Å². The van der Waals surface area contributed by atoms with Crippen LogP contribution in [0.25, 0.3) is 21.3 Å². The number of hydrogen-bond acceptors (Lipinski definition) is 5. The lowest BCUT2D eigenvalue weighted by Gasteiger charge is -2.09. The lowest BCUT2D eigenvalue weighted by Crippen LogP contribution is -1.95. The van der Waals surface area contributed by atoms with Gasteiger partial charge in [0, 0.05) is 10.9 Å². The summed E-state index contributed by atoms with van der Waals surface area (Å²) in [5.41, 5.74) is 2.59. The van der Waals surface area contributed by atoms with Gasteiger partial charge in [-0.05, 0) is 24.6 Å². The van der Waals surface area contributed by atoms with E-state index in [9.17, 15) is 5.26 Å². The summed E-state index contributed by atoms with van der Waals surface area (Å²) in [5, 5.41) is 12.2. The molecule has 0 aliphatic rings. The molecule has 0 amide bonds. The van der Waals surface area contributed by atoms with Crippen molar-refractivity contribution in [2.45, 2.75) is 6.92 Å². The molecule has 0 bridgehead atoms. The molecule has 2 aromatic carbocycles. The summed E-state index contributed by atoms with van der Waals surface area (Å²) in [6, 6.07) is 19.4. The van der Waals surface area contributed by atoms with Crippen molar-refractivity contribution in [3.05, 3.63) is 71.4 Å². The topological polar surface area (TPSA) is 58.8 Å². The number of fused-ring (bicyclic) bond motifs is 1. The molecule has 0 N–H and O–H groups in total. The zero-order valence-corrected chi connectivity index (χ0v) is 14.2. The van der Waals surface area contributed by atoms with E-state index in [2.05, 4.69) is 21.4 Å². The van der Waals surface area contributed by atoms with Gasteiger partial charge in [-0.3, -0.25) is 0 Å². The van der Waals surface area contributed by atoms with Crippen molar-refractivity contribution in [2.75, 3.05) is 0 Å². The van der Waals surface area contributed by atoms with Crippen LogP contribution in [-0.2, 0) is 0 Å². The van der Waals surface area contributed by atoms with E-state index >= 15 is 0 Å². The summed E-state index contributed by atoms with van der Waals surface area (Å²) >= 11 is 1.56. The first-order valence-corrected chi connectivity index (χ1v) is 8.62. The number of nitrogens with zero attached hydrogens (tertiary/aromatic N) is 3. The molecule has 0 aliphatic carbocycles. The molecule has 4 aromatic rings. The van der Waals surface area contributed by atoms with E-state index in [4.69, 9.17) is 4.74 Å². The highest BCUT2D eigenvalue weighted by Crippen LogP contribution is 2.39. The van der Waals surface area contributed by atoms with Gasteiger partial charge in [0.05, 0.1) is 10.9 Å². The van der Waals surface area contributed by atoms with Crippen LogP contribution in [0, 0.1) is 18.3 Å². The zero-order valence-electron chi connectivity index (χ0n) is 13.4. The summed E-state index contributed by atoms with van der Waals surface area (Å²) in [7, 11) is 0. The zero-order chi connectivity index (χ0) is 17.2. The monoisotopic (exact) mass is 343 g/mol. The van der Waals surface area contributed by atoms with Crippen LogP contribution in [0.15, 0.2) is 60.0 Å². The highest BCUT2D eigenvalue weighted by molar-refractivity contribution is 7.17. The molecule has 0 fully saturated rings. The Morgan fingerprint density at radius 1 is 1.00 bits per heavy atom. The molecule has 2 heterocycles. The van der Waals surface area contributed by atoms with Crippen molar-refractivity contribution in [2.24, 2.45) is 0 Å². The van der Waals surface area contributed by atoms with Crippen molar-refractivity contribution in [3.8, 4) is 28.8 Å². The van der Waals surface area contributed by atoms with E-state index in [1.165, 1.54) is 0 Å². The molecule has 0 saturated carbocycles. The van der Waals surface area contributed by atoms with Crippen molar-refractivity contribution in [3.63, 3.8) is 0 Å². The van der Waals surface area contributed by atoms with Crippen LogP contribution in [0.3, 0.4) is 0 Å². The summed E-state index contributed by atoms with van der Waals surface area (Å²) < 4.78 is 6.05. The Morgan fingerprint density at radius 2 is 1.76 bits per heavy atom. The third kappa shape index (κ3) is 2.84. The first-order chi connectivity index (χ1) is 12.3. The lowest BCUT2D eigenvalue weighted by molar-refractivity contribution is 0.465. The Morgan fingerprint density at radius 3 is 2.56 bits per heavy atom. The molecular formula is C20H13N3OS. The highest BCUT2D eigenvalue weighted by atomic mass is 32.1. The van der Waals surface area contributed by atoms with Crippen LogP contribution in [0.4, 0.5) is 0 Å². The fourth-order valence-corrected chi connectivity index (χ4v) is 3.65. The summed E-state index contributed by atoms with van der Waals surface area (Å²) in [5.74, 6) is 1.61. The third-order valence-corrected chi connectivity index (χ3v) is 4.68. The second-order valence-corrected chi connectivity index (χ2v) is 6.34. The standard InChI is InChI=1S/C20H13N3OS/c1-13-22-19(24-17-10-6-5-9-15(17)11-21)18-16(12-25-20(18)23-13)14-7-3-2-4-8-14/h2-10,12H,1H3. The van der Waals surface area contributed by atoms with Crippen molar-refractivity contribution in [1.29, 1.82) is 5.26 Å². The number of thiophene rings is 1. The maximum Gasteiger partial charge on any atom is 0.232 e. The van der Waals surface area contributed by atoms with Crippen LogP contribution in [0.5, 0.6) is 11.6 Å². The average Bonchev–Trinajstić information content (AvgIpc) is 3.07. The molecule has 2 aromatic heterocycles. The number of aryl methyl sites for hydroxylation is 1. The lowest BCUT2D eigenvalue weighted by atomic mass is 10.1.